The van der Waals surface area contributed by atoms with E-state index in [2.05, 4.69) is 0 Å². The topological polar surface area (TPSA) is 94.9 Å². The van der Waals surface area contributed by atoms with E-state index in [9.17, 15) is 13.2 Å². The van der Waals surface area contributed by atoms with Crippen LogP contribution in [0.5, 0.6) is 0 Å². The molecule has 0 atom stereocenters. The Labute approximate surface area is 95.9 Å². The highest BCUT2D eigenvalue weighted by Crippen LogP contribution is 2.04. The lowest BCUT2D eigenvalue weighted by atomic mass is 10.2. The molecule has 0 amide bonds. The Morgan fingerprint density at radius 2 is 1.88 bits per heavy atom. The number of rotatable bonds is 9. The molecule has 0 heterocycles. The van der Waals surface area contributed by atoms with Gasteiger partial charge in [-0.05, 0) is 19.3 Å². The van der Waals surface area contributed by atoms with Gasteiger partial charge in [0, 0.05) is 20.2 Å². The van der Waals surface area contributed by atoms with Gasteiger partial charge in [0.25, 0.3) is 0 Å². The van der Waals surface area contributed by atoms with Gasteiger partial charge in [-0.25, -0.2) is 12.7 Å². The number of hydrogen-bond acceptors (Lipinski definition) is 4. The molecule has 0 aliphatic carbocycles. The van der Waals surface area contributed by atoms with Crippen LogP contribution in [0.4, 0.5) is 0 Å². The summed E-state index contributed by atoms with van der Waals surface area (Å²) < 4.78 is 24.2. The van der Waals surface area contributed by atoms with Crippen molar-refractivity contribution < 1.29 is 23.4 Å². The summed E-state index contributed by atoms with van der Waals surface area (Å²) in [6, 6.07) is 0. The molecule has 0 saturated heterocycles. The normalized spacial score (nSPS) is 11.9. The lowest BCUT2D eigenvalue weighted by Gasteiger charge is -2.16. The first-order chi connectivity index (χ1) is 7.40. The standard InChI is InChI=1S/C9H19NO5S/c1-10(6-3-2-4-7-11)16(14,15)8-5-9(12)13/h11H,2-8H2,1H3,(H,12,13). The van der Waals surface area contributed by atoms with Crippen molar-refractivity contribution in [1.29, 1.82) is 0 Å². The zero-order valence-corrected chi connectivity index (χ0v) is 10.2. The van der Waals surface area contributed by atoms with E-state index in [-0.39, 0.29) is 18.8 Å². The molecule has 0 aliphatic heterocycles. The van der Waals surface area contributed by atoms with Crippen LogP contribution in [-0.2, 0) is 14.8 Å². The summed E-state index contributed by atoms with van der Waals surface area (Å²) in [6.07, 6.45) is 1.71. The van der Waals surface area contributed by atoms with Crippen molar-refractivity contribution in [3.05, 3.63) is 0 Å². The van der Waals surface area contributed by atoms with E-state index in [4.69, 9.17) is 10.2 Å². The van der Waals surface area contributed by atoms with Gasteiger partial charge in [0.05, 0.1) is 12.2 Å². The average molecular weight is 253 g/mol. The van der Waals surface area contributed by atoms with Crippen LogP contribution in [-0.4, -0.2) is 54.9 Å². The molecule has 0 aliphatic rings. The molecule has 0 rings (SSSR count). The minimum atomic E-state index is -3.45. The van der Waals surface area contributed by atoms with Gasteiger partial charge in [0.15, 0.2) is 0 Å². The Balaban J connectivity index is 3.95. The summed E-state index contributed by atoms with van der Waals surface area (Å²) in [4.78, 5) is 10.3. The Kier molecular flexibility index (Phi) is 7.27. The third-order valence-electron chi connectivity index (χ3n) is 2.18. The Hall–Kier alpha value is -0.660. The average Bonchev–Trinajstić information content (AvgIpc) is 2.21. The van der Waals surface area contributed by atoms with Crippen molar-refractivity contribution in [3.8, 4) is 0 Å². The first-order valence-corrected chi connectivity index (χ1v) is 6.77. The number of aliphatic hydroxyl groups excluding tert-OH is 1. The number of carbonyl (C=O) groups is 1. The predicted octanol–water partition coefficient (Wildman–Crippen LogP) is -0.115. The van der Waals surface area contributed by atoms with E-state index < -0.39 is 16.0 Å². The van der Waals surface area contributed by atoms with Crippen molar-refractivity contribution in [2.45, 2.75) is 25.7 Å². The highest BCUT2D eigenvalue weighted by Gasteiger charge is 2.18. The van der Waals surface area contributed by atoms with Gasteiger partial charge in [0.2, 0.25) is 10.0 Å². The summed E-state index contributed by atoms with van der Waals surface area (Å²) in [7, 11) is -2.01. The van der Waals surface area contributed by atoms with Crippen molar-refractivity contribution in [2.24, 2.45) is 0 Å². The van der Waals surface area contributed by atoms with E-state index in [0.29, 0.717) is 19.4 Å². The fourth-order valence-corrected chi connectivity index (χ4v) is 2.29. The molecule has 0 saturated carbocycles. The Morgan fingerprint density at radius 1 is 1.25 bits per heavy atom. The van der Waals surface area contributed by atoms with Gasteiger partial charge >= 0.3 is 5.97 Å². The number of carboxylic acids is 1. The number of carboxylic acid groups (broad SMARTS) is 1. The molecule has 0 aromatic heterocycles. The summed E-state index contributed by atoms with van der Waals surface area (Å²) in [5.74, 6) is -1.48. The zero-order chi connectivity index (χ0) is 12.6. The van der Waals surface area contributed by atoms with Crippen LogP contribution >= 0.6 is 0 Å². The second kappa shape index (κ2) is 7.59. The smallest absolute Gasteiger partial charge is 0.304 e. The molecule has 0 unspecified atom stereocenters. The van der Waals surface area contributed by atoms with Gasteiger partial charge in [0.1, 0.15) is 0 Å². The largest absolute Gasteiger partial charge is 0.481 e. The maximum atomic E-state index is 11.5. The van der Waals surface area contributed by atoms with Gasteiger partial charge in [-0.3, -0.25) is 4.79 Å². The second-order valence-electron chi connectivity index (χ2n) is 3.57. The van der Waals surface area contributed by atoms with Crippen LogP contribution in [0, 0.1) is 0 Å². The molecule has 2 N–H and O–H groups in total. The van der Waals surface area contributed by atoms with E-state index in [1.54, 1.807) is 0 Å². The quantitative estimate of drug-likeness (QED) is 0.559. The molecule has 0 bridgehead atoms. The molecule has 7 heteroatoms. The third kappa shape index (κ3) is 6.76. The Bertz CT molecular complexity index is 301. The molecule has 96 valence electrons. The molecule has 0 radical (unpaired) electrons. The monoisotopic (exact) mass is 253 g/mol. The van der Waals surface area contributed by atoms with Crippen molar-refractivity contribution >= 4 is 16.0 Å². The van der Waals surface area contributed by atoms with Gasteiger partial charge in [-0.1, -0.05) is 0 Å². The number of aliphatic hydroxyl groups is 1. The molecule has 0 spiro atoms. The number of hydrogen-bond donors (Lipinski definition) is 2. The second-order valence-corrected chi connectivity index (χ2v) is 5.76. The highest BCUT2D eigenvalue weighted by atomic mass is 32.2. The van der Waals surface area contributed by atoms with Gasteiger partial charge in [-0.15, -0.1) is 0 Å². The summed E-state index contributed by atoms with van der Waals surface area (Å²) in [5, 5.41) is 16.9. The van der Waals surface area contributed by atoms with Crippen molar-refractivity contribution in [2.75, 3.05) is 26.0 Å². The number of sulfonamides is 1. The fourth-order valence-electron chi connectivity index (χ4n) is 1.13. The summed E-state index contributed by atoms with van der Waals surface area (Å²) >= 11 is 0. The van der Waals surface area contributed by atoms with E-state index in [1.165, 1.54) is 11.4 Å². The van der Waals surface area contributed by atoms with Crippen molar-refractivity contribution in [1.82, 2.24) is 4.31 Å². The third-order valence-corrected chi connectivity index (χ3v) is 4.03. The fraction of sp³-hybridized carbons (Fsp3) is 0.889. The first-order valence-electron chi connectivity index (χ1n) is 5.17. The van der Waals surface area contributed by atoms with Crippen LogP contribution in [0.15, 0.2) is 0 Å². The van der Waals surface area contributed by atoms with Crippen LogP contribution in [0.3, 0.4) is 0 Å². The number of aliphatic carboxylic acids is 1. The van der Waals surface area contributed by atoms with E-state index >= 15 is 0 Å². The van der Waals surface area contributed by atoms with Crippen LogP contribution in [0.2, 0.25) is 0 Å². The van der Waals surface area contributed by atoms with Gasteiger partial charge < -0.3 is 10.2 Å². The highest BCUT2D eigenvalue weighted by molar-refractivity contribution is 7.89. The Morgan fingerprint density at radius 3 is 2.38 bits per heavy atom. The lowest BCUT2D eigenvalue weighted by molar-refractivity contribution is -0.136. The van der Waals surface area contributed by atoms with Crippen LogP contribution < -0.4 is 0 Å². The van der Waals surface area contributed by atoms with E-state index in [0.717, 1.165) is 6.42 Å². The lowest BCUT2D eigenvalue weighted by Crippen LogP contribution is -2.31. The molecular weight excluding hydrogens is 234 g/mol. The van der Waals surface area contributed by atoms with Crippen LogP contribution in [0.25, 0.3) is 0 Å². The van der Waals surface area contributed by atoms with Gasteiger partial charge in [-0.2, -0.15) is 0 Å². The van der Waals surface area contributed by atoms with Crippen LogP contribution in [0.1, 0.15) is 25.7 Å². The number of unbranched alkanes of at least 4 members (excludes halogenated alkanes) is 2. The molecular formula is C9H19NO5S. The molecule has 0 aromatic carbocycles. The maximum Gasteiger partial charge on any atom is 0.304 e. The minimum absolute atomic E-state index is 0.107. The SMILES string of the molecule is CN(CCCCCO)S(=O)(=O)CCC(=O)O. The summed E-state index contributed by atoms with van der Waals surface area (Å²) in [6.45, 7) is 0.470. The number of nitrogens with zero attached hydrogens (tertiary/aromatic N) is 1. The summed E-state index contributed by atoms with van der Waals surface area (Å²) in [5.41, 5.74) is 0. The predicted molar refractivity (Wildman–Crippen MR) is 59.6 cm³/mol. The minimum Gasteiger partial charge on any atom is -0.481 e. The van der Waals surface area contributed by atoms with E-state index in [1.807, 2.05) is 0 Å². The molecule has 16 heavy (non-hydrogen) atoms. The molecule has 0 fully saturated rings. The zero-order valence-electron chi connectivity index (χ0n) is 9.42. The molecule has 6 nitrogen and oxygen atoms in total. The maximum absolute atomic E-state index is 11.5. The molecule has 0 aromatic rings. The first kappa shape index (κ1) is 15.3. The van der Waals surface area contributed by atoms with Crippen molar-refractivity contribution in [3.63, 3.8) is 0 Å².